The minimum Gasteiger partial charge on any atom is -0.340 e. The Morgan fingerprint density at radius 2 is 1.82 bits per heavy atom. The van der Waals surface area contributed by atoms with E-state index in [1.165, 1.54) is 0 Å². The molecule has 0 spiro atoms. The lowest BCUT2D eigenvalue weighted by Crippen LogP contribution is -2.28. The molecule has 0 radical (unpaired) electrons. The van der Waals surface area contributed by atoms with Crippen LogP contribution in [0.3, 0.4) is 0 Å². The van der Waals surface area contributed by atoms with Crippen LogP contribution in [-0.2, 0) is 4.79 Å². The highest BCUT2D eigenvalue weighted by molar-refractivity contribution is 5.92. The van der Waals surface area contributed by atoms with Crippen LogP contribution < -0.4 is 0 Å². The molecule has 2 rings (SSSR count). The molecular weight excluding hydrogens is 274 g/mol. The zero-order valence-electron chi connectivity index (χ0n) is 13.7. The van der Waals surface area contributed by atoms with E-state index in [0.29, 0.717) is 0 Å². The number of benzene rings is 1. The number of para-hydroxylation sites is 1. The zero-order chi connectivity index (χ0) is 16.1. The van der Waals surface area contributed by atoms with Gasteiger partial charge in [-0.25, -0.2) is 4.68 Å². The van der Waals surface area contributed by atoms with Crippen LogP contribution in [-0.4, -0.2) is 33.7 Å². The average Bonchev–Trinajstić information content (AvgIpc) is 2.82. The normalized spacial score (nSPS) is 11.1. The molecule has 0 aliphatic carbocycles. The van der Waals surface area contributed by atoms with Crippen molar-refractivity contribution >= 4 is 12.0 Å². The number of rotatable bonds is 5. The molecule has 1 amide bonds. The average molecular weight is 297 g/mol. The smallest absolute Gasteiger partial charge is 0.246 e. The lowest BCUT2D eigenvalue weighted by Gasteiger charge is -2.15. The van der Waals surface area contributed by atoms with Gasteiger partial charge in [-0.15, -0.1) is 0 Å². The van der Waals surface area contributed by atoms with Crippen LogP contribution in [0.1, 0.15) is 30.8 Å². The molecule has 4 heteroatoms. The summed E-state index contributed by atoms with van der Waals surface area (Å²) in [6.07, 6.45) is 3.51. The summed E-state index contributed by atoms with van der Waals surface area (Å²) in [6, 6.07) is 10.0. The zero-order valence-corrected chi connectivity index (χ0v) is 13.7. The van der Waals surface area contributed by atoms with Crippen molar-refractivity contribution in [2.24, 2.45) is 0 Å². The summed E-state index contributed by atoms with van der Waals surface area (Å²) < 4.78 is 1.91. The molecule has 0 aliphatic rings. The van der Waals surface area contributed by atoms with E-state index in [9.17, 15) is 4.79 Å². The summed E-state index contributed by atoms with van der Waals surface area (Å²) in [6.45, 7) is 9.41. The maximum atomic E-state index is 12.1. The van der Waals surface area contributed by atoms with Gasteiger partial charge in [-0.3, -0.25) is 4.79 Å². The Morgan fingerprint density at radius 3 is 2.41 bits per heavy atom. The summed E-state index contributed by atoms with van der Waals surface area (Å²) in [5, 5.41) is 4.58. The van der Waals surface area contributed by atoms with Crippen LogP contribution in [0.2, 0.25) is 0 Å². The number of aromatic nitrogens is 2. The lowest BCUT2D eigenvalue weighted by atomic mass is 10.1. The number of carbonyl (C=O) groups is 1. The van der Waals surface area contributed by atoms with Gasteiger partial charge < -0.3 is 4.90 Å². The van der Waals surface area contributed by atoms with E-state index in [1.54, 1.807) is 11.0 Å². The largest absolute Gasteiger partial charge is 0.340 e. The second-order valence-electron chi connectivity index (χ2n) is 5.18. The molecule has 0 aliphatic heterocycles. The van der Waals surface area contributed by atoms with Crippen molar-refractivity contribution < 1.29 is 4.79 Å². The van der Waals surface area contributed by atoms with E-state index in [4.69, 9.17) is 0 Å². The first-order chi connectivity index (χ1) is 10.6. The third kappa shape index (κ3) is 3.27. The highest BCUT2D eigenvalue weighted by Crippen LogP contribution is 2.19. The summed E-state index contributed by atoms with van der Waals surface area (Å²) in [4.78, 5) is 13.9. The third-order valence-electron chi connectivity index (χ3n) is 3.82. The fourth-order valence-electron chi connectivity index (χ4n) is 2.51. The van der Waals surface area contributed by atoms with Crippen LogP contribution in [0.25, 0.3) is 11.8 Å². The van der Waals surface area contributed by atoms with Gasteiger partial charge in [-0.05, 0) is 45.9 Å². The highest BCUT2D eigenvalue weighted by Gasteiger charge is 2.11. The van der Waals surface area contributed by atoms with Crippen LogP contribution in [0, 0.1) is 13.8 Å². The fraction of sp³-hybridized carbons (Fsp3) is 0.333. The molecule has 0 saturated heterocycles. The first-order valence-electron chi connectivity index (χ1n) is 7.67. The third-order valence-corrected chi connectivity index (χ3v) is 3.82. The number of hydrogen-bond acceptors (Lipinski definition) is 2. The minimum atomic E-state index is 0.0382. The van der Waals surface area contributed by atoms with Gasteiger partial charge in [0.05, 0.1) is 11.4 Å². The number of hydrogen-bond donors (Lipinski definition) is 0. The molecule has 1 heterocycles. The molecule has 22 heavy (non-hydrogen) atoms. The number of aryl methyl sites for hydroxylation is 1. The van der Waals surface area contributed by atoms with Crippen LogP contribution >= 0.6 is 0 Å². The van der Waals surface area contributed by atoms with Crippen molar-refractivity contribution in [2.75, 3.05) is 13.1 Å². The van der Waals surface area contributed by atoms with Crippen molar-refractivity contribution in [1.82, 2.24) is 14.7 Å². The molecule has 0 saturated carbocycles. The van der Waals surface area contributed by atoms with Gasteiger partial charge in [0.15, 0.2) is 0 Å². The SMILES string of the molecule is CCN(CC)C(=O)C=Cc1c(C)nn(-c2ccccc2)c1C. The molecule has 2 aromatic rings. The Labute approximate surface area is 132 Å². The summed E-state index contributed by atoms with van der Waals surface area (Å²) in [7, 11) is 0. The number of nitrogens with zero attached hydrogens (tertiary/aromatic N) is 3. The highest BCUT2D eigenvalue weighted by atomic mass is 16.2. The molecule has 0 N–H and O–H groups in total. The Hall–Kier alpha value is -2.36. The predicted molar refractivity (Wildman–Crippen MR) is 90.0 cm³/mol. The van der Waals surface area contributed by atoms with Gasteiger partial charge in [0.25, 0.3) is 0 Å². The predicted octanol–water partition coefficient (Wildman–Crippen LogP) is 3.37. The maximum absolute atomic E-state index is 12.1. The van der Waals surface area contributed by atoms with Crippen molar-refractivity contribution in [2.45, 2.75) is 27.7 Å². The van der Waals surface area contributed by atoms with Gasteiger partial charge in [-0.1, -0.05) is 18.2 Å². The Bertz CT molecular complexity index is 667. The molecule has 0 atom stereocenters. The maximum Gasteiger partial charge on any atom is 0.246 e. The van der Waals surface area contributed by atoms with Crippen molar-refractivity contribution in [3.05, 3.63) is 53.4 Å². The van der Waals surface area contributed by atoms with E-state index in [-0.39, 0.29) is 5.91 Å². The standard InChI is InChI=1S/C18H23N3O/c1-5-20(6-2)18(22)13-12-17-14(3)19-21(15(17)4)16-10-8-7-9-11-16/h7-13H,5-6H2,1-4H3. The summed E-state index contributed by atoms with van der Waals surface area (Å²) in [5.74, 6) is 0.0382. The molecule has 1 aromatic carbocycles. The number of carbonyl (C=O) groups excluding carboxylic acids is 1. The molecule has 0 bridgehead atoms. The molecular formula is C18H23N3O. The van der Waals surface area contributed by atoms with Crippen LogP contribution in [0.15, 0.2) is 36.4 Å². The van der Waals surface area contributed by atoms with Crippen molar-refractivity contribution in [1.29, 1.82) is 0 Å². The first-order valence-corrected chi connectivity index (χ1v) is 7.67. The second kappa shape index (κ2) is 7.07. The minimum absolute atomic E-state index is 0.0382. The lowest BCUT2D eigenvalue weighted by molar-refractivity contribution is -0.125. The van der Waals surface area contributed by atoms with E-state index in [2.05, 4.69) is 5.10 Å². The number of amides is 1. The van der Waals surface area contributed by atoms with E-state index >= 15 is 0 Å². The topological polar surface area (TPSA) is 38.1 Å². The second-order valence-corrected chi connectivity index (χ2v) is 5.18. The van der Waals surface area contributed by atoms with E-state index < -0.39 is 0 Å². The molecule has 1 aromatic heterocycles. The first kappa shape index (κ1) is 16.0. The van der Waals surface area contributed by atoms with Crippen LogP contribution in [0.4, 0.5) is 0 Å². The molecule has 4 nitrogen and oxygen atoms in total. The van der Waals surface area contributed by atoms with Gasteiger partial charge in [-0.2, -0.15) is 5.10 Å². The van der Waals surface area contributed by atoms with E-state index in [1.807, 2.05) is 68.8 Å². The molecule has 0 fully saturated rings. The van der Waals surface area contributed by atoms with Crippen molar-refractivity contribution in [3.63, 3.8) is 0 Å². The summed E-state index contributed by atoms with van der Waals surface area (Å²) >= 11 is 0. The Kier molecular flexibility index (Phi) is 5.15. The summed E-state index contributed by atoms with van der Waals surface area (Å²) in [5.41, 5.74) is 3.99. The van der Waals surface area contributed by atoms with Gasteiger partial charge in [0, 0.05) is 30.4 Å². The Balaban J connectivity index is 2.30. The quantitative estimate of drug-likeness (QED) is 0.794. The van der Waals surface area contributed by atoms with Crippen LogP contribution in [0.5, 0.6) is 0 Å². The number of likely N-dealkylation sites (N-methyl/N-ethyl adjacent to an activating group) is 1. The van der Waals surface area contributed by atoms with Gasteiger partial charge >= 0.3 is 0 Å². The van der Waals surface area contributed by atoms with Gasteiger partial charge in [0.1, 0.15) is 0 Å². The molecule has 116 valence electrons. The molecule has 0 unspecified atom stereocenters. The Morgan fingerprint density at radius 1 is 1.18 bits per heavy atom. The fourth-order valence-corrected chi connectivity index (χ4v) is 2.51. The van der Waals surface area contributed by atoms with E-state index in [0.717, 1.165) is 35.7 Å². The van der Waals surface area contributed by atoms with Gasteiger partial charge in [0.2, 0.25) is 5.91 Å². The monoisotopic (exact) mass is 297 g/mol. The van der Waals surface area contributed by atoms with Crippen molar-refractivity contribution in [3.8, 4) is 5.69 Å².